The van der Waals surface area contributed by atoms with Gasteiger partial charge in [-0.05, 0) is 59.0 Å². The third kappa shape index (κ3) is 28.8. The number of carbonyl (C=O) groups is 3. The van der Waals surface area contributed by atoms with Crippen LogP contribution in [0.4, 0.5) is 5.82 Å². The number of primary amides is 1. The maximum atomic E-state index is 12.1. The van der Waals surface area contributed by atoms with E-state index in [2.05, 4.69) is 54.1 Å². The van der Waals surface area contributed by atoms with E-state index in [-0.39, 0.29) is 30.6 Å². The van der Waals surface area contributed by atoms with Crippen molar-refractivity contribution in [3.05, 3.63) is 46.8 Å². The molecule has 0 aliphatic heterocycles. The predicted octanol–water partition coefficient (Wildman–Crippen LogP) is 8.06. The molecule has 51 heavy (non-hydrogen) atoms. The van der Waals surface area contributed by atoms with Crippen molar-refractivity contribution in [1.82, 2.24) is 20.1 Å². The highest BCUT2D eigenvalue weighted by molar-refractivity contribution is 7.07. The number of thiazole rings is 1. The van der Waals surface area contributed by atoms with Gasteiger partial charge in [-0.15, -0.1) is 23.7 Å². The predicted molar refractivity (Wildman–Crippen MR) is 216 cm³/mol. The lowest BCUT2D eigenvalue weighted by molar-refractivity contribution is -0.132. The first-order chi connectivity index (χ1) is 24.4. The maximum Gasteiger partial charge on any atom is 0.228 e. The Morgan fingerprint density at radius 1 is 1.08 bits per heavy atom. The van der Waals surface area contributed by atoms with Gasteiger partial charge in [0.15, 0.2) is 5.82 Å². The zero-order valence-corrected chi connectivity index (χ0v) is 33.6. The quantitative estimate of drug-likeness (QED) is 0.0972. The van der Waals surface area contributed by atoms with Crippen LogP contribution < -0.4 is 11.1 Å². The fourth-order valence-corrected chi connectivity index (χ4v) is 5.56. The standard InChI is InChI=1S/C18H27N3OS.C9H19N3O2.C7H14.C7H8/c1-4-6-7-8-10-16(9-5-2)12-20-18(22)15(3)11-19-17-13-23-14-21-17;1-11(2)6-7-12(3)9(14)5-4-8(10)13;2*1-7-5-3-2-4-6-7/h1,11,13-16H,5-10,12H2,2-3H3,(H,20,22);4-7H2,1-3H3,(H2,10,13);7H,2-6H2,1H3;2-6H,1H3. The van der Waals surface area contributed by atoms with Crippen LogP contribution >= 0.6 is 11.3 Å². The third-order valence-corrected chi connectivity index (χ3v) is 9.01. The van der Waals surface area contributed by atoms with Gasteiger partial charge in [0, 0.05) is 57.5 Å². The molecule has 0 spiro atoms. The molecule has 2 unspecified atom stereocenters. The van der Waals surface area contributed by atoms with Gasteiger partial charge in [-0.25, -0.2) is 9.98 Å². The SMILES string of the molecule is C#CCCCCC(CCC)CNC(=O)C(C)C=Nc1cscn1.CC1CCCCC1.CN(C)CCN(C)C(=O)CCC(N)=O.Cc1ccccc1. The van der Waals surface area contributed by atoms with Crippen molar-refractivity contribution in [3.63, 3.8) is 0 Å². The highest BCUT2D eigenvalue weighted by Crippen LogP contribution is 2.22. The third-order valence-electron chi connectivity index (χ3n) is 8.44. The second kappa shape index (κ2) is 31.2. The summed E-state index contributed by atoms with van der Waals surface area (Å²) in [7, 11) is 5.62. The smallest absolute Gasteiger partial charge is 0.228 e. The normalized spacial score (nSPS) is 13.6. The summed E-state index contributed by atoms with van der Waals surface area (Å²) in [6, 6.07) is 10.3. The molecule has 0 radical (unpaired) electrons. The van der Waals surface area contributed by atoms with Crippen molar-refractivity contribution in [2.24, 2.45) is 28.5 Å². The van der Waals surface area contributed by atoms with Gasteiger partial charge in [0.1, 0.15) is 0 Å². The molecule has 1 aromatic carbocycles. The van der Waals surface area contributed by atoms with Crippen LogP contribution in [0, 0.1) is 37.0 Å². The van der Waals surface area contributed by atoms with E-state index in [1.54, 1.807) is 23.7 Å². The number of aliphatic imine (C=N–C) groups is 1. The summed E-state index contributed by atoms with van der Waals surface area (Å²) in [5, 5.41) is 4.91. The van der Waals surface area contributed by atoms with Crippen molar-refractivity contribution in [1.29, 1.82) is 0 Å². The Bertz CT molecular complexity index is 1220. The first-order valence-electron chi connectivity index (χ1n) is 18.7. The summed E-state index contributed by atoms with van der Waals surface area (Å²) in [5.74, 6) is 4.21. The summed E-state index contributed by atoms with van der Waals surface area (Å²) in [6.45, 7) is 10.7. The van der Waals surface area contributed by atoms with Crippen LogP contribution in [0.3, 0.4) is 0 Å². The van der Waals surface area contributed by atoms with Gasteiger partial charge in [0.2, 0.25) is 17.7 Å². The Labute approximate surface area is 314 Å². The van der Waals surface area contributed by atoms with E-state index in [1.165, 1.54) is 49.0 Å². The van der Waals surface area contributed by atoms with E-state index < -0.39 is 5.91 Å². The minimum absolute atomic E-state index is 0.0220. The topological polar surface area (TPSA) is 121 Å². The average Bonchev–Trinajstić information content (AvgIpc) is 3.64. The zero-order valence-electron chi connectivity index (χ0n) is 32.7. The molecule has 1 heterocycles. The number of nitrogens with zero attached hydrogens (tertiary/aromatic N) is 4. The molecule has 1 saturated carbocycles. The van der Waals surface area contributed by atoms with Crippen LogP contribution in [0.25, 0.3) is 0 Å². The number of rotatable bonds is 17. The molecule has 2 aromatic rings. The molecule has 286 valence electrons. The Balaban J connectivity index is 0.000000745. The summed E-state index contributed by atoms with van der Waals surface area (Å²) in [6.07, 6.45) is 21.1. The lowest BCUT2D eigenvalue weighted by Crippen LogP contribution is -2.34. The van der Waals surface area contributed by atoms with Crippen molar-refractivity contribution >= 4 is 41.1 Å². The molecule has 1 aliphatic carbocycles. The van der Waals surface area contributed by atoms with Crippen LogP contribution in [0.15, 0.2) is 46.2 Å². The Morgan fingerprint density at radius 3 is 2.25 bits per heavy atom. The van der Waals surface area contributed by atoms with E-state index in [0.717, 1.165) is 57.5 Å². The van der Waals surface area contributed by atoms with Gasteiger partial charge in [-0.3, -0.25) is 14.4 Å². The molecule has 10 heteroatoms. The maximum absolute atomic E-state index is 12.1. The molecule has 3 N–H and O–H groups in total. The largest absolute Gasteiger partial charge is 0.370 e. The Hall–Kier alpha value is -3.55. The van der Waals surface area contributed by atoms with E-state index >= 15 is 0 Å². The van der Waals surface area contributed by atoms with Gasteiger partial charge in [-0.2, -0.15) is 0 Å². The lowest BCUT2D eigenvalue weighted by atomic mass is 9.91. The molecule has 0 saturated heterocycles. The molecular formula is C41H68N6O3S. The number of likely N-dealkylation sites (N-methyl/N-ethyl adjacent to an activating group) is 2. The molecule has 9 nitrogen and oxygen atoms in total. The number of unbranched alkanes of at least 4 members (excludes halogenated alkanes) is 2. The molecule has 0 bridgehead atoms. The number of terminal acetylenes is 1. The lowest BCUT2D eigenvalue weighted by Gasteiger charge is -2.19. The van der Waals surface area contributed by atoms with E-state index in [9.17, 15) is 14.4 Å². The number of aryl methyl sites for hydroxylation is 1. The van der Waals surface area contributed by atoms with Crippen molar-refractivity contribution < 1.29 is 14.4 Å². The van der Waals surface area contributed by atoms with E-state index in [4.69, 9.17) is 12.2 Å². The fourth-order valence-electron chi connectivity index (χ4n) is 5.09. The highest BCUT2D eigenvalue weighted by atomic mass is 32.1. The van der Waals surface area contributed by atoms with Gasteiger partial charge in [0.05, 0.1) is 11.4 Å². The minimum Gasteiger partial charge on any atom is -0.370 e. The number of carbonyl (C=O) groups excluding carboxylic acids is 3. The zero-order chi connectivity index (χ0) is 38.3. The average molecular weight is 725 g/mol. The molecule has 1 aliphatic rings. The summed E-state index contributed by atoms with van der Waals surface area (Å²) in [4.78, 5) is 45.8. The number of hydrogen-bond donors (Lipinski definition) is 2. The second-order valence-electron chi connectivity index (χ2n) is 13.7. The Morgan fingerprint density at radius 2 is 1.76 bits per heavy atom. The molecule has 1 aromatic heterocycles. The fraction of sp³-hybridized carbons (Fsp3) is 0.634. The number of nitrogens with two attached hydrogens (primary N) is 1. The highest BCUT2D eigenvalue weighted by Gasteiger charge is 2.14. The first-order valence-corrected chi connectivity index (χ1v) is 19.7. The van der Waals surface area contributed by atoms with Gasteiger partial charge < -0.3 is 20.9 Å². The number of benzene rings is 1. The van der Waals surface area contributed by atoms with E-state index in [1.807, 2.05) is 49.5 Å². The summed E-state index contributed by atoms with van der Waals surface area (Å²) >= 11 is 1.49. The molecular weight excluding hydrogens is 657 g/mol. The number of amides is 3. The number of hydrogen-bond acceptors (Lipinski definition) is 7. The van der Waals surface area contributed by atoms with Crippen LogP contribution in [0.5, 0.6) is 0 Å². The number of nitrogens with one attached hydrogen (secondary N) is 1. The van der Waals surface area contributed by atoms with Gasteiger partial charge in [0.25, 0.3) is 0 Å². The van der Waals surface area contributed by atoms with Crippen molar-refractivity contribution in [2.45, 2.75) is 111 Å². The van der Waals surface area contributed by atoms with Crippen LogP contribution in [-0.4, -0.2) is 79.5 Å². The monoisotopic (exact) mass is 725 g/mol. The minimum atomic E-state index is -0.431. The Kier molecular flexibility index (Phi) is 29.0. The van der Waals surface area contributed by atoms with Crippen LogP contribution in [0.1, 0.15) is 110 Å². The summed E-state index contributed by atoms with van der Waals surface area (Å²) < 4.78 is 0. The van der Waals surface area contributed by atoms with E-state index in [0.29, 0.717) is 18.3 Å². The number of aromatic nitrogens is 1. The second-order valence-corrected chi connectivity index (χ2v) is 14.5. The van der Waals surface area contributed by atoms with Crippen molar-refractivity contribution in [2.75, 3.05) is 40.8 Å². The van der Waals surface area contributed by atoms with Gasteiger partial charge in [-0.1, -0.05) is 94.7 Å². The molecule has 3 amide bonds. The molecule has 2 atom stereocenters. The first kappa shape index (κ1) is 47.4. The van der Waals surface area contributed by atoms with Gasteiger partial charge >= 0.3 is 0 Å². The molecule has 1 fully saturated rings. The molecule has 3 rings (SSSR count). The van der Waals surface area contributed by atoms with Crippen LogP contribution in [0.2, 0.25) is 0 Å². The summed E-state index contributed by atoms with van der Waals surface area (Å²) in [5.41, 5.74) is 8.00. The van der Waals surface area contributed by atoms with Crippen LogP contribution in [-0.2, 0) is 14.4 Å². The van der Waals surface area contributed by atoms with Crippen molar-refractivity contribution in [3.8, 4) is 12.3 Å².